The minimum atomic E-state index is -1.11. The van der Waals surface area contributed by atoms with Crippen molar-refractivity contribution in [3.63, 3.8) is 0 Å². The van der Waals surface area contributed by atoms with Gasteiger partial charge in [0, 0.05) is 11.6 Å². The molecule has 0 bridgehead atoms. The van der Waals surface area contributed by atoms with E-state index in [1.54, 1.807) is 26.0 Å². The molecule has 0 saturated carbocycles. The molecule has 1 fully saturated rings. The van der Waals surface area contributed by atoms with Crippen LogP contribution in [0.25, 0.3) is 16.0 Å². The lowest BCUT2D eigenvalue weighted by Gasteiger charge is -2.23. The number of carbonyl (C=O) groups excluding carboxylic acids is 2. The number of thiazole rings is 1. The lowest BCUT2D eigenvalue weighted by atomic mass is 9.93. The van der Waals surface area contributed by atoms with E-state index in [1.165, 1.54) is 31.4 Å². The Morgan fingerprint density at radius 3 is 2.38 bits per heavy atom. The second kappa shape index (κ2) is 8.97. The molecule has 1 amide bonds. The van der Waals surface area contributed by atoms with Crippen molar-refractivity contribution < 1.29 is 33.3 Å². The molecule has 4 aromatic rings. The normalized spacial score (nSPS) is 17.1. The molecule has 1 atom stereocenters. The average Bonchev–Trinajstić information content (AvgIpc) is 3.38. The molecule has 0 radical (unpaired) electrons. The quantitative estimate of drug-likeness (QED) is 0.208. The van der Waals surface area contributed by atoms with E-state index in [-0.39, 0.29) is 32.4 Å². The third kappa shape index (κ3) is 3.99. The molecular formula is C27H20F2N2O5S. The number of hydrogen-bond acceptors (Lipinski definition) is 7. The summed E-state index contributed by atoms with van der Waals surface area (Å²) >= 11 is 0.910. The fourth-order valence-electron chi connectivity index (χ4n) is 4.43. The van der Waals surface area contributed by atoms with Gasteiger partial charge in [-0.3, -0.25) is 14.5 Å². The van der Waals surface area contributed by atoms with E-state index in [9.17, 15) is 28.6 Å². The minimum Gasteiger partial charge on any atom is -0.508 e. The maximum atomic E-state index is 13.8. The number of aryl methyl sites for hydroxylation is 2. The first kappa shape index (κ1) is 24.4. The molecular weight excluding hydrogens is 502 g/mol. The molecule has 188 valence electrons. The number of amides is 1. The van der Waals surface area contributed by atoms with Crippen LogP contribution < -0.4 is 9.64 Å². The Morgan fingerprint density at radius 1 is 1.03 bits per heavy atom. The van der Waals surface area contributed by atoms with Crippen LogP contribution in [-0.4, -0.2) is 34.0 Å². The fraction of sp³-hybridized carbons (Fsp3) is 0.148. The smallest absolute Gasteiger partial charge is 0.301 e. The zero-order valence-corrected chi connectivity index (χ0v) is 20.7. The van der Waals surface area contributed by atoms with E-state index in [0.29, 0.717) is 28.0 Å². The number of rotatable bonds is 4. The Labute approximate surface area is 213 Å². The second-order valence-corrected chi connectivity index (χ2v) is 9.64. The lowest BCUT2D eigenvalue weighted by molar-refractivity contribution is -0.132. The predicted molar refractivity (Wildman–Crippen MR) is 135 cm³/mol. The number of anilines is 1. The summed E-state index contributed by atoms with van der Waals surface area (Å²) in [5, 5.41) is 21.2. The fourth-order valence-corrected chi connectivity index (χ4v) is 5.42. The van der Waals surface area contributed by atoms with Crippen molar-refractivity contribution in [1.82, 2.24) is 4.98 Å². The minimum absolute atomic E-state index is 0.0295. The van der Waals surface area contributed by atoms with Crippen LogP contribution in [0.15, 0.2) is 54.1 Å². The maximum absolute atomic E-state index is 13.8. The molecule has 5 rings (SSSR count). The van der Waals surface area contributed by atoms with Gasteiger partial charge < -0.3 is 14.9 Å². The number of aliphatic hydroxyl groups excluding tert-OH is 1. The van der Waals surface area contributed by atoms with Crippen molar-refractivity contribution in [2.24, 2.45) is 0 Å². The number of aromatic hydroxyl groups is 1. The number of hydrogen-bond donors (Lipinski definition) is 2. The summed E-state index contributed by atoms with van der Waals surface area (Å²) in [4.78, 5) is 32.1. The van der Waals surface area contributed by atoms with Crippen LogP contribution in [0.3, 0.4) is 0 Å². The van der Waals surface area contributed by atoms with Crippen LogP contribution in [0, 0.1) is 25.5 Å². The number of ether oxygens (including phenoxy) is 1. The first-order chi connectivity index (χ1) is 17.6. The summed E-state index contributed by atoms with van der Waals surface area (Å²) < 4.78 is 33.3. The summed E-state index contributed by atoms with van der Waals surface area (Å²) in [5.41, 5.74) is 2.01. The van der Waals surface area contributed by atoms with E-state index in [0.717, 1.165) is 28.4 Å². The van der Waals surface area contributed by atoms with Crippen LogP contribution in [0.5, 0.6) is 11.5 Å². The van der Waals surface area contributed by atoms with Gasteiger partial charge in [-0.25, -0.2) is 13.8 Å². The molecule has 1 saturated heterocycles. The van der Waals surface area contributed by atoms with E-state index in [1.807, 2.05) is 0 Å². The summed E-state index contributed by atoms with van der Waals surface area (Å²) in [6.45, 7) is 3.52. The third-order valence-corrected chi connectivity index (χ3v) is 7.29. The molecule has 37 heavy (non-hydrogen) atoms. The largest absolute Gasteiger partial charge is 0.508 e. The van der Waals surface area contributed by atoms with Crippen molar-refractivity contribution in [1.29, 1.82) is 0 Å². The third-order valence-electron chi connectivity index (χ3n) is 6.28. The van der Waals surface area contributed by atoms with Gasteiger partial charge in [0.2, 0.25) is 0 Å². The Morgan fingerprint density at radius 2 is 1.70 bits per heavy atom. The number of fused-ring (bicyclic) bond motifs is 1. The number of methoxy groups -OCH3 is 1. The summed E-state index contributed by atoms with van der Waals surface area (Å²) in [6.07, 6.45) is 0. The van der Waals surface area contributed by atoms with Gasteiger partial charge >= 0.3 is 5.91 Å². The monoisotopic (exact) mass is 522 g/mol. The number of phenolic OH excluding ortho intramolecular Hbond substituents is 1. The molecule has 10 heteroatoms. The van der Waals surface area contributed by atoms with Crippen molar-refractivity contribution in [3.05, 3.63) is 88.0 Å². The number of aromatic nitrogens is 1. The highest BCUT2D eigenvalue weighted by molar-refractivity contribution is 7.22. The lowest BCUT2D eigenvalue weighted by Crippen LogP contribution is -2.29. The topological polar surface area (TPSA) is 100.0 Å². The van der Waals surface area contributed by atoms with E-state index < -0.39 is 29.4 Å². The number of aliphatic hydroxyl groups is 1. The van der Waals surface area contributed by atoms with Crippen LogP contribution in [0.1, 0.15) is 28.3 Å². The van der Waals surface area contributed by atoms with E-state index in [2.05, 4.69) is 4.98 Å². The number of nitrogens with zero attached hydrogens (tertiary/aromatic N) is 2. The zero-order chi connectivity index (χ0) is 26.6. The molecule has 0 aliphatic carbocycles. The van der Waals surface area contributed by atoms with Gasteiger partial charge in [-0.1, -0.05) is 23.5 Å². The number of carbonyl (C=O) groups is 2. The molecule has 1 aliphatic heterocycles. The highest BCUT2D eigenvalue weighted by Crippen LogP contribution is 2.45. The van der Waals surface area contributed by atoms with E-state index in [4.69, 9.17) is 4.74 Å². The predicted octanol–water partition coefficient (Wildman–Crippen LogP) is 5.53. The number of halogens is 2. The zero-order valence-electron chi connectivity index (χ0n) is 19.9. The number of benzene rings is 3. The van der Waals surface area contributed by atoms with Gasteiger partial charge in [0.15, 0.2) is 16.8 Å². The molecule has 0 spiro atoms. The van der Waals surface area contributed by atoms with Crippen molar-refractivity contribution in [3.8, 4) is 11.5 Å². The van der Waals surface area contributed by atoms with Gasteiger partial charge in [0.25, 0.3) is 5.78 Å². The van der Waals surface area contributed by atoms with Crippen LogP contribution in [0.2, 0.25) is 0 Å². The van der Waals surface area contributed by atoms with Crippen molar-refractivity contribution >= 4 is 44.1 Å². The molecule has 1 unspecified atom stereocenters. The van der Waals surface area contributed by atoms with Crippen LogP contribution >= 0.6 is 11.3 Å². The van der Waals surface area contributed by atoms with Gasteiger partial charge in [0.05, 0.1) is 28.9 Å². The Bertz CT molecular complexity index is 1590. The average molecular weight is 523 g/mol. The van der Waals surface area contributed by atoms with Gasteiger partial charge in [-0.15, -0.1) is 0 Å². The summed E-state index contributed by atoms with van der Waals surface area (Å²) in [5.74, 6) is -3.88. The molecule has 1 aliphatic rings. The first-order valence-corrected chi connectivity index (χ1v) is 11.9. The van der Waals surface area contributed by atoms with Crippen molar-refractivity contribution in [2.45, 2.75) is 19.9 Å². The number of Topliss-reactive ketones (excluding diaryl/α,β-unsaturated/α-hetero) is 1. The molecule has 1 aromatic heterocycles. The standard InChI is InChI=1S/C27H20F2N2O5S/c1-12-9-20(36-3)13(2)8-16(12)24(33)22-23(14-4-6-15(32)7-5-14)31(26(35)25(22)34)27-30-19-10-17(28)18(29)11-21(19)37-27/h4-11,23,32-33H,1-3H3/b24-22+. The van der Waals surface area contributed by atoms with Gasteiger partial charge in [-0.2, -0.15) is 0 Å². The summed E-state index contributed by atoms with van der Waals surface area (Å²) in [6, 6.07) is 9.97. The van der Waals surface area contributed by atoms with Gasteiger partial charge in [-0.05, 0) is 60.9 Å². The van der Waals surface area contributed by atoms with E-state index >= 15 is 0 Å². The SMILES string of the molecule is COc1cc(C)c(/C(O)=C2\C(=O)C(=O)N(c3nc4cc(F)c(F)cc4s3)C2c2ccc(O)cc2)cc1C. The van der Waals surface area contributed by atoms with Crippen LogP contribution in [0.4, 0.5) is 13.9 Å². The molecule has 7 nitrogen and oxygen atoms in total. The maximum Gasteiger partial charge on any atom is 0.301 e. The van der Waals surface area contributed by atoms with Crippen molar-refractivity contribution in [2.75, 3.05) is 12.0 Å². The highest BCUT2D eigenvalue weighted by Gasteiger charge is 2.48. The van der Waals surface area contributed by atoms with Gasteiger partial charge in [0.1, 0.15) is 17.3 Å². The Hall–Kier alpha value is -4.31. The second-order valence-electron chi connectivity index (χ2n) is 8.63. The molecule has 2 heterocycles. The first-order valence-electron chi connectivity index (χ1n) is 11.1. The number of ketones is 1. The Kier molecular flexibility index (Phi) is 5.91. The molecule has 2 N–H and O–H groups in total. The highest BCUT2D eigenvalue weighted by atomic mass is 32.1. The van der Waals surface area contributed by atoms with Crippen LogP contribution in [-0.2, 0) is 9.59 Å². The summed E-state index contributed by atoms with van der Waals surface area (Å²) in [7, 11) is 1.52. The molecule has 3 aromatic carbocycles. The number of phenols is 1. The Balaban J connectivity index is 1.75.